The third-order valence-electron chi connectivity index (χ3n) is 6.70. The minimum Gasteiger partial charge on any atom is -0.352 e. The van der Waals surface area contributed by atoms with Crippen molar-refractivity contribution in [2.45, 2.75) is 32.4 Å². The van der Waals surface area contributed by atoms with Crippen LogP contribution < -0.4 is 10.6 Å². The lowest BCUT2D eigenvalue weighted by Gasteiger charge is -2.29. The van der Waals surface area contributed by atoms with Crippen LogP contribution in [-0.4, -0.2) is 32.0 Å². The number of hydrogen-bond donors (Lipinski definition) is 2. The largest absolute Gasteiger partial charge is 0.352 e. The van der Waals surface area contributed by atoms with Crippen LogP contribution >= 0.6 is 23.8 Å². The summed E-state index contributed by atoms with van der Waals surface area (Å²) < 4.78 is 2.15. The third-order valence-corrected chi connectivity index (χ3v) is 7.48. The molecule has 4 aromatic rings. The van der Waals surface area contributed by atoms with Crippen molar-refractivity contribution < 1.29 is 4.79 Å². The predicted molar refractivity (Wildman–Crippen MR) is 152 cm³/mol. The Labute approximate surface area is 227 Å². The first kappa shape index (κ1) is 25.0. The second kappa shape index (κ2) is 10.7. The summed E-state index contributed by atoms with van der Waals surface area (Å²) in [6.07, 6.45) is 4.12. The lowest BCUT2D eigenvalue weighted by atomic mass is 10.0. The molecule has 2 aromatic carbocycles. The van der Waals surface area contributed by atoms with Gasteiger partial charge in [-0.3, -0.25) is 9.78 Å². The fourth-order valence-electron chi connectivity index (χ4n) is 4.76. The van der Waals surface area contributed by atoms with Crippen LogP contribution in [0.15, 0.2) is 85.2 Å². The highest BCUT2D eigenvalue weighted by atomic mass is 35.5. The molecule has 3 heterocycles. The van der Waals surface area contributed by atoms with Crippen molar-refractivity contribution in [2.24, 2.45) is 0 Å². The van der Waals surface area contributed by atoms with Crippen LogP contribution in [-0.2, 0) is 4.79 Å². The molecule has 1 fully saturated rings. The van der Waals surface area contributed by atoms with Gasteiger partial charge < -0.3 is 20.1 Å². The number of hydrogen-bond acceptors (Lipinski definition) is 3. The van der Waals surface area contributed by atoms with Crippen molar-refractivity contribution in [2.75, 3.05) is 11.9 Å². The fourth-order valence-corrected chi connectivity index (χ4v) is 5.21. The Bertz CT molecular complexity index is 1440. The Hall–Kier alpha value is -3.68. The van der Waals surface area contributed by atoms with Gasteiger partial charge in [-0.25, -0.2) is 0 Å². The van der Waals surface area contributed by atoms with Gasteiger partial charge in [-0.2, -0.15) is 0 Å². The number of nitrogens with zero attached hydrogens (tertiary/aromatic N) is 3. The normalized spacial score (nSPS) is 17.1. The monoisotopic (exact) mass is 529 g/mol. The molecule has 2 aromatic heterocycles. The first-order valence-corrected chi connectivity index (χ1v) is 13.0. The van der Waals surface area contributed by atoms with Gasteiger partial charge in [-0.05, 0) is 85.7 Å². The molecule has 2 unspecified atom stereocenters. The molecule has 0 bridgehead atoms. The van der Waals surface area contributed by atoms with Crippen LogP contribution in [0.4, 0.5) is 5.69 Å². The summed E-state index contributed by atoms with van der Waals surface area (Å²) in [5.41, 5.74) is 5.80. The summed E-state index contributed by atoms with van der Waals surface area (Å²) >= 11 is 12.1. The van der Waals surface area contributed by atoms with Crippen LogP contribution in [0.5, 0.6) is 0 Å². The van der Waals surface area contributed by atoms with Gasteiger partial charge in [0, 0.05) is 47.5 Å². The Kier molecular flexibility index (Phi) is 7.26. The minimum atomic E-state index is -0.171. The molecule has 1 saturated heterocycles. The molecule has 1 amide bonds. The molecule has 2 N–H and O–H groups in total. The summed E-state index contributed by atoms with van der Waals surface area (Å²) in [7, 11) is 0. The number of benzene rings is 2. The maximum Gasteiger partial charge on any atom is 0.226 e. The summed E-state index contributed by atoms with van der Waals surface area (Å²) in [6, 6.07) is 23.4. The summed E-state index contributed by atoms with van der Waals surface area (Å²) in [6.45, 7) is 4.44. The zero-order valence-electron chi connectivity index (χ0n) is 20.7. The van der Waals surface area contributed by atoms with Gasteiger partial charge in [-0.1, -0.05) is 35.9 Å². The van der Waals surface area contributed by atoms with E-state index in [-0.39, 0.29) is 18.0 Å². The van der Waals surface area contributed by atoms with Gasteiger partial charge in [0.1, 0.15) is 0 Å². The van der Waals surface area contributed by atoms with E-state index in [1.165, 1.54) is 0 Å². The van der Waals surface area contributed by atoms with E-state index in [4.69, 9.17) is 23.8 Å². The number of thiocarbonyl (C=S) groups is 1. The minimum absolute atomic E-state index is 0.0548. The number of aromatic nitrogens is 2. The molecule has 6 nitrogen and oxygen atoms in total. The topological polar surface area (TPSA) is 62.2 Å². The number of carbonyl (C=O) groups excluding carboxylic acids is 1. The quantitative estimate of drug-likeness (QED) is 0.281. The molecular formula is C29H28ClN5OS. The fraction of sp³-hybridized carbons (Fsp3) is 0.207. The molecule has 5 rings (SSSR count). The van der Waals surface area contributed by atoms with Gasteiger partial charge in [0.05, 0.1) is 17.8 Å². The molecule has 0 aliphatic carbocycles. The van der Waals surface area contributed by atoms with Gasteiger partial charge in [-0.15, -0.1) is 0 Å². The number of halogens is 1. The van der Waals surface area contributed by atoms with Gasteiger partial charge in [0.15, 0.2) is 5.11 Å². The maximum absolute atomic E-state index is 12.9. The molecule has 0 saturated carbocycles. The number of anilines is 1. The van der Waals surface area contributed by atoms with E-state index in [1.54, 1.807) is 6.20 Å². The molecule has 37 heavy (non-hydrogen) atoms. The zero-order chi connectivity index (χ0) is 25.9. The van der Waals surface area contributed by atoms with E-state index in [2.05, 4.69) is 37.2 Å². The Morgan fingerprint density at radius 1 is 1.05 bits per heavy atom. The van der Waals surface area contributed by atoms with Crippen molar-refractivity contribution in [1.82, 2.24) is 19.8 Å². The van der Waals surface area contributed by atoms with Crippen molar-refractivity contribution in [1.29, 1.82) is 0 Å². The predicted octanol–water partition coefficient (Wildman–Crippen LogP) is 6.14. The number of pyridine rings is 1. The van der Waals surface area contributed by atoms with Crippen LogP contribution in [0.25, 0.3) is 5.69 Å². The van der Waals surface area contributed by atoms with Crippen LogP contribution in [0.2, 0.25) is 5.02 Å². The third kappa shape index (κ3) is 5.24. The van der Waals surface area contributed by atoms with Crippen LogP contribution in [0.1, 0.15) is 41.0 Å². The Morgan fingerprint density at radius 3 is 2.62 bits per heavy atom. The molecular weight excluding hydrogens is 502 g/mol. The lowest BCUT2D eigenvalue weighted by Crippen LogP contribution is -2.33. The molecule has 188 valence electrons. The number of rotatable bonds is 7. The number of aryl methyl sites for hydroxylation is 2. The SMILES string of the molecule is Cc1cc(-n2cccc2C2C(c3ccccn3)NC(=S)N2CCC(=O)Nc2ccccc2C)ccc1Cl. The first-order valence-electron chi connectivity index (χ1n) is 12.2. The molecule has 0 spiro atoms. The highest BCUT2D eigenvalue weighted by Crippen LogP contribution is 2.39. The van der Waals surface area contributed by atoms with E-state index in [0.29, 0.717) is 18.1 Å². The van der Waals surface area contributed by atoms with Gasteiger partial charge in [0.2, 0.25) is 5.91 Å². The van der Waals surface area contributed by atoms with E-state index < -0.39 is 0 Å². The van der Waals surface area contributed by atoms with Gasteiger partial charge in [0.25, 0.3) is 0 Å². The maximum atomic E-state index is 12.9. The molecule has 0 radical (unpaired) electrons. The van der Waals surface area contributed by atoms with Crippen molar-refractivity contribution in [3.05, 3.63) is 113 Å². The van der Waals surface area contributed by atoms with Gasteiger partial charge >= 0.3 is 0 Å². The average molecular weight is 530 g/mol. The van der Waals surface area contributed by atoms with E-state index >= 15 is 0 Å². The number of nitrogens with one attached hydrogen (secondary N) is 2. The van der Waals surface area contributed by atoms with Crippen LogP contribution in [0.3, 0.4) is 0 Å². The molecule has 1 aliphatic heterocycles. The Morgan fingerprint density at radius 2 is 1.86 bits per heavy atom. The van der Waals surface area contributed by atoms with Crippen molar-refractivity contribution >= 4 is 40.5 Å². The summed E-state index contributed by atoms with van der Waals surface area (Å²) in [4.78, 5) is 19.6. The summed E-state index contributed by atoms with van der Waals surface area (Å²) in [5.74, 6) is -0.0548. The number of carbonyl (C=O) groups is 1. The molecule has 8 heteroatoms. The van der Waals surface area contributed by atoms with E-state index in [0.717, 1.165) is 38.9 Å². The van der Waals surface area contributed by atoms with E-state index in [1.807, 2.05) is 80.7 Å². The Balaban J connectivity index is 1.46. The van der Waals surface area contributed by atoms with Crippen molar-refractivity contribution in [3.8, 4) is 5.69 Å². The second-order valence-corrected chi connectivity index (χ2v) is 9.96. The average Bonchev–Trinajstić information content (AvgIpc) is 3.50. The second-order valence-electron chi connectivity index (χ2n) is 9.17. The summed E-state index contributed by atoms with van der Waals surface area (Å²) in [5, 5.41) is 7.83. The highest BCUT2D eigenvalue weighted by Gasteiger charge is 2.41. The number of para-hydroxylation sites is 1. The first-order chi connectivity index (χ1) is 17.9. The van der Waals surface area contributed by atoms with Crippen LogP contribution in [0, 0.1) is 13.8 Å². The standard InChI is InChI=1S/C29H28ClN5OS/c1-19-8-3-4-9-23(19)32-26(36)14-17-35-28(27(33-29(35)37)24-10-5-6-15-31-24)25-11-7-16-34(25)21-12-13-22(30)20(2)18-21/h3-13,15-16,18,27-28H,14,17H2,1-2H3,(H,32,36)(H,33,37). The lowest BCUT2D eigenvalue weighted by molar-refractivity contribution is -0.116. The van der Waals surface area contributed by atoms with Crippen molar-refractivity contribution in [3.63, 3.8) is 0 Å². The molecule has 2 atom stereocenters. The van der Waals surface area contributed by atoms with E-state index in [9.17, 15) is 4.79 Å². The zero-order valence-corrected chi connectivity index (χ0v) is 22.3. The smallest absolute Gasteiger partial charge is 0.226 e. The highest BCUT2D eigenvalue weighted by molar-refractivity contribution is 7.80. The number of amides is 1. The molecule has 1 aliphatic rings.